The molecule has 1 amide bonds. The lowest BCUT2D eigenvalue weighted by Gasteiger charge is -2.16. The summed E-state index contributed by atoms with van der Waals surface area (Å²) in [7, 11) is 3.49. The third-order valence-electron chi connectivity index (χ3n) is 3.40. The number of amides is 1. The first-order valence-electron chi connectivity index (χ1n) is 7.27. The highest BCUT2D eigenvalue weighted by Gasteiger charge is 2.15. The summed E-state index contributed by atoms with van der Waals surface area (Å²) in [6, 6.07) is 9.77. The minimum Gasteiger partial charge on any atom is -0.496 e. The molecule has 2 aromatic rings. The minimum atomic E-state index is -0.515. The molecule has 0 aliphatic rings. The first-order valence-corrected chi connectivity index (χ1v) is 8.44. The number of quaternary nitrogens is 1. The number of benzene rings is 2. The molecule has 0 radical (unpaired) electrons. The van der Waals surface area contributed by atoms with Crippen LogP contribution < -0.4 is 15.0 Å². The normalized spacial score (nSPS) is 11.9. The number of halogens is 3. The van der Waals surface area contributed by atoms with Gasteiger partial charge in [-0.2, -0.15) is 0 Å². The zero-order chi connectivity index (χ0) is 17.7. The molecule has 1 unspecified atom stereocenters. The molecule has 0 fully saturated rings. The Kier molecular flexibility index (Phi) is 6.60. The molecule has 0 spiro atoms. The second-order valence-corrected chi connectivity index (χ2v) is 6.79. The summed E-state index contributed by atoms with van der Waals surface area (Å²) in [6.07, 6.45) is 0. The highest BCUT2D eigenvalue weighted by Crippen LogP contribution is 2.22. The van der Waals surface area contributed by atoms with Crippen molar-refractivity contribution in [2.75, 3.05) is 26.0 Å². The quantitative estimate of drug-likeness (QED) is 0.760. The van der Waals surface area contributed by atoms with E-state index in [0.717, 1.165) is 20.7 Å². The van der Waals surface area contributed by atoms with Crippen molar-refractivity contribution in [2.45, 2.75) is 6.54 Å². The van der Waals surface area contributed by atoms with Crippen molar-refractivity contribution in [1.29, 1.82) is 0 Å². The fraction of sp³-hybridized carbons (Fsp3) is 0.235. The van der Waals surface area contributed by atoms with E-state index in [1.165, 1.54) is 18.2 Å². The van der Waals surface area contributed by atoms with Gasteiger partial charge in [0.25, 0.3) is 5.91 Å². The maximum Gasteiger partial charge on any atom is 0.279 e. The maximum atomic E-state index is 13.7. The minimum absolute atomic E-state index is 0.0836. The van der Waals surface area contributed by atoms with Crippen molar-refractivity contribution in [3.8, 4) is 5.75 Å². The number of methoxy groups -OCH3 is 1. The first kappa shape index (κ1) is 18.7. The fourth-order valence-electron chi connectivity index (χ4n) is 2.33. The van der Waals surface area contributed by atoms with Crippen molar-refractivity contribution in [1.82, 2.24) is 0 Å². The van der Waals surface area contributed by atoms with Crippen LogP contribution in [0.4, 0.5) is 10.1 Å². The van der Waals surface area contributed by atoms with Crippen LogP contribution in [0, 0.1) is 5.82 Å². The highest BCUT2D eigenvalue weighted by atomic mass is 79.9. The molecule has 7 heteroatoms. The van der Waals surface area contributed by atoms with Gasteiger partial charge in [0.1, 0.15) is 18.1 Å². The van der Waals surface area contributed by atoms with E-state index < -0.39 is 5.82 Å². The average molecular weight is 417 g/mol. The van der Waals surface area contributed by atoms with Gasteiger partial charge in [-0.1, -0.05) is 27.5 Å². The molecule has 4 nitrogen and oxygen atoms in total. The standard InChI is InChI=1S/C17H17BrClFN2O2/c1-22(9-11-7-12(18)3-6-16(11)24-2)10-17(23)21-15-8-13(19)4-5-14(15)20/h3-8H,9-10H2,1-2H3,(H,21,23)/p+1. The molecule has 0 heterocycles. The maximum absolute atomic E-state index is 13.7. The number of carbonyl (C=O) groups is 1. The lowest BCUT2D eigenvalue weighted by Crippen LogP contribution is -3.08. The van der Waals surface area contributed by atoms with Gasteiger partial charge < -0.3 is 15.0 Å². The summed E-state index contributed by atoms with van der Waals surface area (Å²) in [5.41, 5.74) is 1.06. The molecule has 1 atom stereocenters. The van der Waals surface area contributed by atoms with Gasteiger partial charge >= 0.3 is 0 Å². The Labute approximate surface area is 153 Å². The van der Waals surface area contributed by atoms with E-state index >= 15 is 0 Å². The summed E-state index contributed by atoms with van der Waals surface area (Å²) < 4.78 is 19.9. The summed E-state index contributed by atoms with van der Waals surface area (Å²) in [6.45, 7) is 0.773. The number of likely N-dealkylation sites (N-methyl/N-ethyl adjacent to an activating group) is 1. The van der Waals surface area contributed by atoms with E-state index in [-0.39, 0.29) is 18.1 Å². The van der Waals surface area contributed by atoms with Gasteiger partial charge in [0.05, 0.1) is 19.8 Å². The highest BCUT2D eigenvalue weighted by molar-refractivity contribution is 9.10. The van der Waals surface area contributed by atoms with Gasteiger partial charge in [-0.15, -0.1) is 0 Å². The Morgan fingerprint density at radius 2 is 2.08 bits per heavy atom. The van der Waals surface area contributed by atoms with Gasteiger partial charge in [-0.3, -0.25) is 4.79 Å². The van der Waals surface area contributed by atoms with E-state index in [9.17, 15) is 9.18 Å². The third-order valence-corrected chi connectivity index (χ3v) is 4.13. The van der Waals surface area contributed by atoms with Crippen LogP contribution in [0.25, 0.3) is 0 Å². The largest absolute Gasteiger partial charge is 0.496 e. The van der Waals surface area contributed by atoms with Crippen LogP contribution in [0.2, 0.25) is 5.02 Å². The van der Waals surface area contributed by atoms with Crippen LogP contribution in [0.15, 0.2) is 40.9 Å². The van der Waals surface area contributed by atoms with Crippen LogP contribution in [0.1, 0.15) is 5.56 Å². The Morgan fingerprint density at radius 1 is 1.33 bits per heavy atom. The monoisotopic (exact) mass is 415 g/mol. The smallest absolute Gasteiger partial charge is 0.279 e. The molecule has 128 valence electrons. The average Bonchev–Trinajstić information content (AvgIpc) is 2.51. The first-order chi connectivity index (χ1) is 11.4. The molecule has 0 aliphatic carbocycles. The SMILES string of the molecule is COc1ccc(Br)cc1C[NH+](C)CC(=O)Nc1cc(Cl)ccc1F. The lowest BCUT2D eigenvalue weighted by molar-refractivity contribution is -0.885. The molecule has 0 aliphatic heterocycles. The number of anilines is 1. The molecule has 2 N–H and O–H groups in total. The van der Waals surface area contributed by atoms with Crippen molar-refractivity contribution < 1.29 is 18.8 Å². The molecule has 0 saturated heterocycles. The number of ether oxygens (including phenoxy) is 1. The summed E-state index contributed by atoms with van der Waals surface area (Å²) in [5.74, 6) is -0.0412. The summed E-state index contributed by atoms with van der Waals surface area (Å²) in [4.78, 5) is 13.1. The Bertz CT molecular complexity index is 743. The number of carbonyl (C=O) groups excluding carboxylic acids is 1. The zero-order valence-electron chi connectivity index (χ0n) is 13.3. The van der Waals surface area contributed by atoms with E-state index in [2.05, 4.69) is 21.2 Å². The zero-order valence-corrected chi connectivity index (χ0v) is 15.7. The molecule has 0 saturated carbocycles. The molecular formula is C17H18BrClFN2O2+. The van der Waals surface area contributed by atoms with Crippen LogP contribution in [0.3, 0.4) is 0 Å². The van der Waals surface area contributed by atoms with Crippen molar-refractivity contribution >= 4 is 39.1 Å². The van der Waals surface area contributed by atoms with E-state index in [1.807, 2.05) is 25.2 Å². The van der Waals surface area contributed by atoms with Gasteiger partial charge in [-0.05, 0) is 36.4 Å². The molecule has 0 aromatic heterocycles. The van der Waals surface area contributed by atoms with Crippen molar-refractivity contribution in [3.05, 3.63) is 57.3 Å². The van der Waals surface area contributed by atoms with Gasteiger partial charge in [-0.25, -0.2) is 4.39 Å². The third kappa shape index (κ3) is 5.19. The number of hydrogen-bond donors (Lipinski definition) is 2. The fourth-order valence-corrected chi connectivity index (χ4v) is 2.92. The Balaban J connectivity index is 1.99. The van der Waals surface area contributed by atoms with E-state index in [0.29, 0.717) is 11.6 Å². The Morgan fingerprint density at radius 3 is 2.79 bits per heavy atom. The lowest BCUT2D eigenvalue weighted by atomic mass is 10.2. The second kappa shape index (κ2) is 8.46. The molecule has 2 aromatic carbocycles. The number of rotatable bonds is 6. The molecular weight excluding hydrogens is 399 g/mol. The van der Waals surface area contributed by atoms with Crippen LogP contribution >= 0.6 is 27.5 Å². The van der Waals surface area contributed by atoms with Gasteiger partial charge in [0.15, 0.2) is 6.54 Å². The number of hydrogen-bond acceptors (Lipinski definition) is 2. The topological polar surface area (TPSA) is 42.8 Å². The molecule has 0 bridgehead atoms. The molecule has 2 rings (SSSR count). The van der Waals surface area contributed by atoms with Gasteiger partial charge in [0.2, 0.25) is 0 Å². The van der Waals surface area contributed by atoms with Crippen molar-refractivity contribution in [2.24, 2.45) is 0 Å². The van der Waals surface area contributed by atoms with Crippen LogP contribution in [-0.2, 0) is 11.3 Å². The van der Waals surface area contributed by atoms with Gasteiger partial charge in [0, 0.05) is 15.1 Å². The summed E-state index contributed by atoms with van der Waals surface area (Å²) >= 11 is 9.25. The van der Waals surface area contributed by atoms with E-state index in [1.54, 1.807) is 7.11 Å². The number of nitrogens with one attached hydrogen (secondary N) is 2. The molecule has 24 heavy (non-hydrogen) atoms. The Hall–Kier alpha value is -1.63. The predicted molar refractivity (Wildman–Crippen MR) is 96.2 cm³/mol. The van der Waals surface area contributed by atoms with E-state index in [4.69, 9.17) is 16.3 Å². The van der Waals surface area contributed by atoms with Crippen LogP contribution in [0.5, 0.6) is 5.75 Å². The predicted octanol–water partition coefficient (Wildman–Crippen LogP) is 2.90. The van der Waals surface area contributed by atoms with Crippen LogP contribution in [-0.4, -0.2) is 26.6 Å². The second-order valence-electron chi connectivity index (χ2n) is 5.44. The summed E-state index contributed by atoms with van der Waals surface area (Å²) in [5, 5.41) is 2.91. The van der Waals surface area contributed by atoms with Crippen molar-refractivity contribution in [3.63, 3.8) is 0 Å².